The molecule has 17 heavy (non-hydrogen) atoms. The maximum Gasteiger partial charge on any atom is 0.278 e. The zero-order valence-corrected chi connectivity index (χ0v) is 11.1. The van der Waals surface area contributed by atoms with Gasteiger partial charge in [0.15, 0.2) is 5.15 Å². The van der Waals surface area contributed by atoms with Gasteiger partial charge in [-0.2, -0.15) is 0 Å². The number of hydrogen-bond acceptors (Lipinski definition) is 3. The van der Waals surface area contributed by atoms with E-state index in [0.29, 0.717) is 6.54 Å². The third-order valence-corrected chi connectivity index (χ3v) is 3.40. The maximum atomic E-state index is 11.8. The van der Waals surface area contributed by atoms with E-state index in [2.05, 4.69) is 20.9 Å². The normalized spacial score (nSPS) is 10.5. The fourth-order valence-electron chi connectivity index (χ4n) is 1.41. The predicted molar refractivity (Wildman–Crippen MR) is 71.2 cm³/mol. The third-order valence-electron chi connectivity index (χ3n) is 2.32. The van der Waals surface area contributed by atoms with Crippen molar-refractivity contribution >= 4 is 33.2 Å². The molecule has 0 atom stereocenters. The second-order valence-corrected chi connectivity index (χ2v) is 4.69. The quantitative estimate of drug-likeness (QED) is 0.865. The van der Waals surface area contributed by atoms with Crippen molar-refractivity contribution in [2.24, 2.45) is 0 Å². The standard InChI is InChI=1S/C11H9BrClN3O/c12-8-4-2-1-3-7(8)5-16-6-15-10(13)9(14)11(16)17/h1-4,6H,5,14H2. The fourth-order valence-corrected chi connectivity index (χ4v) is 1.94. The topological polar surface area (TPSA) is 60.9 Å². The number of benzene rings is 1. The van der Waals surface area contributed by atoms with Gasteiger partial charge in [0.05, 0.1) is 12.9 Å². The first-order valence-electron chi connectivity index (χ1n) is 4.83. The molecule has 2 N–H and O–H groups in total. The van der Waals surface area contributed by atoms with Crippen molar-refractivity contribution in [3.63, 3.8) is 0 Å². The Balaban J connectivity index is 2.41. The van der Waals surface area contributed by atoms with Crippen LogP contribution in [0.2, 0.25) is 5.15 Å². The van der Waals surface area contributed by atoms with Gasteiger partial charge in [-0.15, -0.1) is 0 Å². The van der Waals surface area contributed by atoms with Crippen LogP contribution in [0.3, 0.4) is 0 Å². The van der Waals surface area contributed by atoms with Gasteiger partial charge in [-0.1, -0.05) is 45.7 Å². The van der Waals surface area contributed by atoms with Crippen molar-refractivity contribution in [2.75, 3.05) is 5.73 Å². The molecule has 0 bridgehead atoms. The SMILES string of the molecule is Nc1c(Cl)ncn(Cc2ccccc2Br)c1=O. The van der Waals surface area contributed by atoms with Crippen LogP contribution in [0.15, 0.2) is 39.9 Å². The zero-order chi connectivity index (χ0) is 12.4. The molecule has 2 aromatic rings. The minimum atomic E-state index is -0.333. The highest BCUT2D eigenvalue weighted by Gasteiger charge is 2.07. The van der Waals surface area contributed by atoms with E-state index in [4.69, 9.17) is 17.3 Å². The van der Waals surface area contributed by atoms with E-state index in [-0.39, 0.29) is 16.4 Å². The first kappa shape index (κ1) is 12.1. The van der Waals surface area contributed by atoms with Crippen LogP contribution in [0.25, 0.3) is 0 Å². The number of aromatic nitrogens is 2. The van der Waals surface area contributed by atoms with E-state index >= 15 is 0 Å². The fraction of sp³-hybridized carbons (Fsp3) is 0.0909. The molecule has 0 aliphatic heterocycles. The minimum absolute atomic E-state index is 0.0266. The van der Waals surface area contributed by atoms with Gasteiger partial charge in [-0.25, -0.2) is 4.98 Å². The summed E-state index contributed by atoms with van der Waals surface area (Å²) in [5, 5.41) is 0.0402. The summed E-state index contributed by atoms with van der Waals surface area (Å²) in [4.78, 5) is 15.7. The number of anilines is 1. The number of nitrogens with zero attached hydrogens (tertiary/aromatic N) is 2. The average Bonchev–Trinajstić information content (AvgIpc) is 2.32. The van der Waals surface area contributed by atoms with Crippen LogP contribution in [0, 0.1) is 0 Å². The summed E-state index contributed by atoms with van der Waals surface area (Å²) in [7, 11) is 0. The molecular formula is C11H9BrClN3O. The van der Waals surface area contributed by atoms with Gasteiger partial charge in [-0.05, 0) is 11.6 Å². The van der Waals surface area contributed by atoms with E-state index < -0.39 is 0 Å². The van der Waals surface area contributed by atoms with Crippen LogP contribution >= 0.6 is 27.5 Å². The monoisotopic (exact) mass is 313 g/mol. The van der Waals surface area contributed by atoms with Gasteiger partial charge in [0.25, 0.3) is 5.56 Å². The van der Waals surface area contributed by atoms with Gasteiger partial charge >= 0.3 is 0 Å². The van der Waals surface area contributed by atoms with Crippen LogP contribution < -0.4 is 11.3 Å². The zero-order valence-electron chi connectivity index (χ0n) is 8.73. The molecule has 2 rings (SSSR count). The van der Waals surface area contributed by atoms with Gasteiger partial charge < -0.3 is 5.73 Å². The van der Waals surface area contributed by atoms with Crippen molar-refractivity contribution in [2.45, 2.75) is 6.54 Å². The van der Waals surface area contributed by atoms with E-state index in [1.54, 1.807) is 0 Å². The van der Waals surface area contributed by atoms with E-state index in [1.807, 2.05) is 24.3 Å². The molecule has 0 unspecified atom stereocenters. The third kappa shape index (κ3) is 2.50. The highest BCUT2D eigenvalue weighted by molar-refractivity contribution is 9.10. The Bertz CT molecular complexity index is 612. The molecule has 0 saturated carbocycles. The van der Waals surface area contributed by atoms with Crippen LogP contribution in [-0.2, 0) is 6.54 Å². The first-order valence-corrected chi connectivity index (χ1v) is 6.00. The lowest BCUT2D eigenvalue weighted by Crippen LogP contribution is -2.24. The lowest BCUT2D eigenvalue weighted by molar-refractivity contribution is 0.737. The second-order valence-electron chi connectivity index (χ2n) is 3.47. The number of rotatable bonds is 2. The summed E-state index contributed by atoms with van der Waals surface area (Å²) in [6.45, 7) is 0.397. The van der Waals surface area contributed by atoms with Crippen LogP contribution in [0.4, 0.5) is 5.69 Å². The number of hydrogen-bond donors (Lipinski definition) is 1. The average molecular weight is 315 g/mol. The highest BCUT2D eigenvalue weighted by atomic mass is 79.9. The molecule has 0 saturated heterocycles. The van der Waals surface area contributed by atoms with Crippen molar-refractivity contribution in [1.29, 1.82) is 0 Å². The summed E-state index contributed by atoms with van der Waals surface area (Å²) in [5.41, 5.74) is 6.15. The molecular weight excluding hydrogens is 305 g/mol. The Morgan fingerprint density at radius 1 is 1.41 bits per heavy atom. The summed E-state index contributed by atoms with van der Waals surface area (Å²) in [6.07, 6.45) is 1.39. The number of halogens is 2. The molecule has 1 heterocycles. The molecule has 0 aliphatic carbocycles. The molecule has 88 valence electrons. The first-order chi connectivity index (χ1) is 8.09. The molecule has 0 fully saturated rings. The Labute approximate surface area is 111 Å². The Hall–Kier alpha value is -1.33. The largest absolute Gasteiger partial charge is 0.392 e. The summed E-state index contributed by atoms with van der Waals surface area (Å²) >= 11 is 9.08. The summed E-state index contributed by atoms with van der Waals surface area (Å²) < 4.78 is 2.35. The Morgan fingerprint density at radius 2 is 2.12 bits per heavy atom. The maximum absolute atomic E-state index is 11.8. The molecule has 0 amide bonds. The Morgan fingerprint density at radius 3 is 2.82 bits per heavy atom. The lowest BCUT2D eigenvalue weighted by atomic mass is 10.2. The van der Waals surface area contributed by atoms with E-state index in [9.17, 15) is 4.79 Å². The smallest absolute Gasteiger partial charge is 0.278 e. The van der Waals surface area contributed by atoms with Crippen molar-refractivity contribution in [3.8, 4) is 0 Å². The minimum Gasteiger partial charge on any atom is -0.392 e. The summed E-state index contributed by atoms with van der Waals surface area (Å²) in [5.74, 6) is 0. The van der Waals surface area contributed by atoms with Crippen LogP contribution in [0.5, 0.6) is 0 Å². The van der Waals surface area contributed by atoms with Gasteiger partial charge in [0, 0.05) is 4.47 Å². The molecule has 1 aromatic carbocycles. The lowest BCUT2D eigenvalue weighted by Gasteiger charge is -2.08. The van der Waals surface area contributed by atoms with Crippen molar-refractivity contribution in [1.82, 2.24) is 9.55 Å². The molecule has 0 aliphatic rings. The van der Waals surface area contributed by atoms with Gasteiger partial charge in [-0.3, -0.25) is 9.36 Å². The second kappa shape index (κ2) is 4.89. The van der Waals surface area contributed by atoms with E-state index in [1.165, 1.54) is 10.9 Å². The molecule has 0 spiro atoms. The number of nitrogens with two attached hydrogens (primary N) is 1. The number of nitrogen functional groups attached to an aromatic ring is 1. The highest BCUT2D eigenvalue weighted by Crippen LogP contribution is 2.17. The predicted octanol–water partition coefficient (Wildman–Crippen LogP) is 2.29. The van der Waals surface area contributed by atoms with E-state index in [0.717, 1.165) is 10.0 Å². The van der Waals surface area contributed by atoms with Gasteiger partial charge in [0.2, 0.25) is 0 Å². The molecule has 1 aromatic heterocycles. The van der Waals surface area contributed by atoms with Crippen molar-refractivity contribution < 1.29 is 0 Å². The summed E-state index contributed by atoms with van der Waals surface area (Å²) in [6, 6.07) is 7.64. The molecule has 0 radical (unpaired) electrons. The molecule has 6 heteroatoms. The van der Waals surface area contributed by atoms with Crippen LogP contribution in [0.1, 0.15) is 5.56 Å². The Kier molecular flexibility index (Phi) is 3.49. The van der Waals surface area contributed by atoms with Crippen molar-refractivity contribution in [3.05, 3.63) is 56.1 Å². The van der Waals surface area contributed by atoms with Crippen LogP contribution in [-0.4, -0.2) is 9.55 Å². The van der Waals surface area contributed by atoms with Gasteiger partial charge in [0.1, 0.15) is 5.69 Å². The molecule has 4 nitrogen and oxygen atoms in total.